The van der Waals surface area contributed by atoms with E-state index in [1.54, 1.807) is 18.2 Å². The Morgan fingerprint density at radius 1 is 1.32 bits per heavy atom. The second-order valence-electron chi connectivity index (χ2n) is 5.85. The van der Waals surface area contributed by atoms with Gasteiger partial charge in [0.1, 0.15) is 5.75 Å². The summed E-state index contributed by atoms with van der Waals surface area (Å²) in [6.07, 6.45) is 4.54. The second kappa shape index (κ2) is 7.15. The molecule has 1 aliphatic rings. The standard InChI is InChI=1S/C16H23N3O3/c1-10-4-2-3-5-13(10)19-16(21)11-6-7-14(12(17)8-11)22-9-15(18)20/h6-8,10,13H,2-5,9,17H2,1H3,(H2,18,20)(H,19,21). The highest BCUT2D eigenvalue weighted by molar-refractivity contribution is 5.95. The third-order valence-corrected chi connectivity index (χ3v) is 4.07. The molecule has 0 spiro atoms. The van der Waals surface area contributed by atoms with Gasteiger partial charge in [-0.1, -0.05) is 19.8 Å². The van der Waals surface area contributed by atoms with Gasteiger partial charge in [0.05, 0.1) is 5.69 Å². The van der Waals surface area contributed by atoms with Crippen LogP contribution < -0.4 is 21.5 Å². The first kappa shape index (κ1) is 16.1. The van der Waals surface area contributed by atoms with Crippen molar-refractivity contribution < 1.29 is 14.3 Å². The Morgan fingerprint density at radius 2 is 2.05 bits per heavy atom. The van der Waals surface area contributed by atoms with E-state index in [2.05, 4.69) is 12.2 Å². The van der Waals surface area contributed by atoms with Crippen LogP contribution in [0.3, 0.4) is 0 Å². The summed E-state index contributed by atoms with van der Waals surface area (Å²) >= 11 is 0. The first-order valence-corrected chi connectivity index (χ1v) is 7.59. The van der Waals surface area contributed by atoms with Gasteiger partial charge in [0, 0.05) is 11.6 Å². The summed E-state index contributed by atoms with van der Waals surface area (Å²) in [5.74, 6) is 0.133. The fourth-order valence-corrected chi connectivity index (χ4v) is 2.75. The van der Waals surface area contributed by atoms with Gasteiger partial charge >= 0.3 is 0 Å². The van der Waals surface area contributed by atoms with Crippen LogP contribution in [0.4, 0.5) is 5.69 Å². The summed E-state index contributed by atoms with van der Waals surface area (Å²) in [6, 6.07) is 4.99. The molecule has 1 aromatic rings. The number of carbonyl (C=O) groups excluding carboxylic acids is 2. The molecule has 2 rings (SSSR count). The number of anilines is 1. The van der Waals surface area contributed by atoms with Crippen LogP contribution in [-0.4, -0.2) is 24.5 Å². The van der Waals surface area contributed by atoms with Crippen LogP contribution in [-0.2, 0) is 4.79 Å². The zero-order chi connectivity index (χ0) is 16.1. The number of hydrogen-bond donors (Lipinski definition) is 3. The van der Waals surface area contributed by atoms with Gasteiger partial charge in [-0.25, -0.2) is 0 Å². The average Bonchev–Trinajstić information content (AvgIpc) is 2.48. The van der Waals surface area contributed by atoms with Gasteiger partial charge < -0.3 is 21.5 Å². The molecule has 5 N–H and O–H groups in total. The minimum absolute atomic E-state index is 0.132. The van der Waals surface area contributed by atoms with Crippen molar-refractivity contribution in [1.82, 2.24) is 5.32 Å². The molecule has 0 radical (unpaired) electrons. The average molecular weight is 305 g/mol. The summed E-state index contributed by atoms with van der Waals surface area (Å²) in [6.45, 7) is 1.93. The lowest BCUT2D eigenvalue weighted by atomic mass is 9.86. The second-order valence-corrected chi connectivity index (χ2v) is 5.85. The number of carbonyl (C=O) groups is 2. The SMILES string of the molecule is CC1CCCCC1NC(=O)c1ccc(OCC(N)=O)c(N)c1. The number of rotatable bonds is 5. The van der Waals surface area contributed by atoms with Crippen molar-refractivity contribution in [3.05, 3.63) is 23.8 Å². The quantitative estimate of drug-likeness (QED) is 0.715. The molecule has 1 aromatic carbocycles. The Hall–Kier alpha value is -2.24. The van der Waals surface area contributed by atoms with Crippen molar-refractivity contribution in [2.24, 2.45) is 11.7 Å². The van der Waals surface area contributed by atoms with Crippen LogP contribution in [0.25, 0.3) is 0 Å². The largest absolute Gasteiger partial charge is 0.482 e. The van der Waals surface area contributed by atoms with E-state index in [4.69, 9.17) is 16.2 Å². The molecule has 0 aliphatic heterocycles. The third-order valence-electron chi connectivity index (χ3n) is 4.07. The summed E-state index contributed by atoms with van der Waals surface area (Å²) in [7, 11) is 0. The van der Waals surface area contributed by atoms with E-state index in [9.17, 15) is 9.59 Å². The molecule has 22 heavy (non-hydrogen) atoms. The van der Waals surface area contributed by atoms with E-state index >= 15 is 0 Å². The predicted octanol–water partition coefficient (Wildman–Crippen LogP) is 1.44. The molecule has 0 bridgehead atoms. The highest BCUT2D eigenvalue weighted by Gasteiger charge is 2.23. The Balaban J connectivity index is 2.00. The lowest BCUT2D eigenvalue weighted by Crippen LogP contribution is -2.41. The first-order valence-electron chi connectivity index (χ1n) is 7.59. The molecule has 0 aromatic heterocycles. The van der Waals surface area contributed by atoms with E-state index in [-0.39, 0.29) is 18.6 Å². The van der Waals surface area contributed by atoms with Gasteiger partial charge in [-0.15, -0.1) is 0 Å². The third kappa shape index (κ3) is 4.13. The van der Waals surface area contributed by atoms with Crippen molar-refractivity contribution in [1.29, 1.82) is 0 Å². The number of hydrogen-bond acceptors (Lipinski definition) is 4. The van der Waals surface area contributed by atoms with E-state index in [0.29, 0.717) is 22.9 Å². The van der Waals surface area contributed by atoms with Gasteiger partial charge in [-0.3, -0.25) is 9.59 Å². The van der Waals surface area contributed by atoms with Gasteiger partial charge in [-0.2, -0.15) is 0 Å². The molecule has 0 heterocycles. The molecular weight excluding hydrogens is 282 g/mol. The summed E-state index contributed by atoms with van der Waals surface area (Å²) in [5.41, 5.74) is 11.7. The monoisotopic (exact) mass is 305 g/mol. The molecule has 6 nitrogen and oxygen atoms in total. The Labute approximate surface area is 130 Å². The summed E-state index contributed by atoms with van der Waals surface area (Å²) < 4.78 is 5.17. The van der Waals surface area contributed by atoms with Crippen LogP contribution in [0.1, 0.15) is 43.0 Å². The van der Waals surface area contributed by atoms with Crippen LogP contribution >= 0.6 is 0 Å². The maximum atomic E-state index is 12.3. The number of benzene rings is 1. The smallest absolute Gasteiger partial charge is 0.255 e. The number of nitrogens with one attached hydrogen (secondary N) is 1. The number of nitrogen functional groups attached to an aromatic ring is 1. The Bertz CT molecular complexity index is 560. The minimum atomic E-state index is -0.576. The van der Waals surface area contributed by atoms with Crippen molar-refractivity contribution >= 4 is 17.5 Å². The van der Waals surface area contributed by atoms with E-state index in [1.807, 2.05) is 0 Å². The fraction of sp³-hybridized carbons (Fsp3) is 0.500. The molecule has 120 valence electrons. The number of primary amides is 1. The molecule has 6 heteroatoms. The zero-order valence-electron chi connectivity index (χ0n) is 12.8. The molecule has 2 atom stereocenters. The molecular formula is C16H23N3O3. The normalized spacial score (nSPS) is 21.1. The van der Waals surface area contributed by atoms with Crippen molar-refractivity contribution in [2.45, 2.75) is 38.6 Å². The van der Waals surface area contributed by atoms with Crippen molar-refractivity contribution in [2.75, 3.05) is 12.3 Å². The summed E-state index contributed by atoms with van der Waals surface area (Å²) in [4.78, 5) is 23.0. The molecule has 1 saturated carbocycles. The van der Waals surface area contributed by atoms with Crippen LogP contribution in [0, 0.1) is 5.92 Å². The maximum absolute atomic E-state index is 12.3. The van der Waals surface area contributed by atoms with Gasteiger partial charge in [-0.05, 0) is 37.0 Å². The van der Waals surface area contributed by atoms with E-state index in [0.717, 1.165) is 19.3 Å². The molecule has 2 amide bonds. The van der Waals surface area contributed by atoms with Crippen LogP contribution in [0.5, 0.6) is 5.75 Å². The van der Waals surface area contributed by atoms with Crippen molar-refractivity contribution in [3.63, 3.8) is 0 Å². The lowest BCUT2D eigenvalue weighted by Gasteiger charge is -2.29. The molecule has 2 unspecified atom stereocenters. The van der Waals surface area contributed by atoms with E-state index in [1.165, 1.54) is 6.42 Å². The topological polar surface area (TPSA) is 107 Å². The molecule has 1 aliphatic carbocycles. The van der Waals surface area contributed by atoms with Gasteiger partial charge in [0.25, 0.3) is 11.8 Å². The molecule has 1 fully saturated rings. The number of ether oxygens (including phenoxy) is 1. The lowest BCUT2D eigenvalue weighted by molar-refractivity contribution is -0.119. The van der Waals surface area contributed by atoms with Crippen LogP contribution in [0.15, 0.2) is 18.2 Å². The fourth-order valence-electron chi connectivity index (χ4n) is 2.75. The van der Waals surface area contributed by atoms with Crippen molar-refractivity contribution in [3.8, 4) is 5.75 Å². The highest BCUT2D eigenvalue weighted by Crippen LogP contribution is 2.25. The van der Waals surface area contributed by atoms with E-state index < -0.39 is 5.91 Å². The zero-order valence-corrected chi connectivity index (χ0v) is 12.8. The van der Waals surface area contributed by atoms with Crippen LogP contribution in [0.2, 0.25) is 0 Å². The van der Waals surface area contributed by atoms with Gasteiger partial charge in [0.15, 0.2) is 6.61 Å². The first-order chi connectivity index (χ1) is 10.5. The maximum Gasteiger partial charge on any atom is 0.255 e. The Kier molecular flexibility index (Phi) is 5.25. The number of nitrogens with two attached hydrogens (primary N) is 2. The predicted molar refractivity (Wildman–Crippen MR) is 84.4 cm³/mol. The number of amides is 2. The summed E-state index contributed by atoms with van der Waals surface area (Å²) in [5, 5.41) is 3.07. The Morgan fingerprint density at radius 3 is 2.68 bits per heavy atom. The van der Waals surface area contributed by atoms with Gasteiger partial charge in [0.2, 0.25) is 0 Å². The highest BCUT2D eigenvalue weighted by atomic mass is 16.5. The molecule has 0 saturated heterocycles. The minimum Gasteiger partial charge on any atom is -0.482 e.